The summed E-state index contributed by atoms with van der Waals surface area (Å²) in [6, 6.07) is 5.01. The predicted octanol–water partition coefficient (Wildman–Crippen LogP) is 0.889. The molecule has 1 aromatic carbocycles. The van der Waals surface area contributed by atoms with Crippen molar-refractivity contribution in [2.45, 2.75) is 17.8 Å². The first kappa shape index (κ1) is 14.3. The van der Waals surface area contributed by atoms with Gasteiger partial charge in [-0.3, -0.25) is 4.79 Å². The molecular weight excluding hydrogens is 293 g/mol. The van der Waals surface area contributed by atoms with Crippen molar-refractivity contribution in [3.8, 4) is 0 Å². The number of alkyl halides is 1. The molecule has 0 radical (unpaired) electrons. The maximum absolute atomic E-state index is 12.7. The molecule has 1 aliphatic rings. The van der Waals surface area contributed by atoms with Crippen molar-refractivity contribution in [2.24, 2.45) is 0 Å². The van der Waals surface area contributed by atoms with Gasteiger partial charge in [-0.1, -0.05) is 12.1 Å². The Kier molecular flexibility index (Phi) is 4.10. The van der Waals surface area contributed by atoms with Gasteiger partial charge in [-0.2, -0.15) is 0 Å². The predicted molar refractivity (Wildman–Crippen MR) is 70.3 cm³/mol. The number of sulfone groups is 1. The number of carbonyl (C=O) groups is 1. The van der Waals surface area contributed by atoms with E-state index in [1.807, 2.05) is 0 Å². The third kappa shape index (κ3) is 3.91. The summed E-state index contributed by atoms with van der Waals surface area (Å²) in [6.07, 6.45) is 0.0699. The molecule has 0 aromatic heterocycles. The van der Waals surface area contributed by atoms with Crippen molar-refractivity contribution in [1.29, 1.82) is 0 Å². The van der Waals surface area contributed by atoms with Gasteiger partial charge in [0.1, 0.15) is 5.82 Å². The maximum atomic E-state index is 12.7. The first-order valence-electron chi connectivity index (χ1n) is 5.74. The molecule has 1 heterocycles. The molecular formula is C12H13ClFNO3S. The van der Waals surface area contributed by atoms with Crippen LogP contribution >= 0.6 is 11.6 Å². The van der Waals surface area contributed by atoms with Crippen LogP contribution in [0, 0.1) is 5.82 Å². The highest BCUT2D eigenvalue weighted by Gasteiger charge is 2.37. The molecule has 19 heavy (non-hydrogen) atoms. The topological polar surface area (TPSA) is 63.2 Å². The molecule has 0 saturated carbocycles. The van der Waals surface area contributed by atoms with Crippen LogP contribution in [0.3, 0.4) is 0 Å². The minimum atomic E-state index is -3.17. The standard InChI is InChI=1S/C12H13ClFNO3S/c13-10-6-19(17,18)7-11(10)15-12(16)5-8-1-3-9(14)4-2-8/h1-4,10-11H,5-7H2,(H,15,16)/t10-,11-/m0/s1. The van der Waals surface area contributed by atoms with Gasteiger partial charge in [0.2, 0.25) is 5.91 Å². The Morgan fingerprint density at radius 1 is 1.32 bits per heavy atom. The quantitative estimate of drug-likeness (QED) is 0.844. The van der Waals surface area contributed by atoms with Crippen molar-refractivity contribution in [1.82, 2.24) is 5.32 Å². The van der Waals surface area contributed by atoms with Gasteiger partial charge < -0.3 is 5.32 Å². The summed E-state index contributed by atoms with van der Waals surface area (Å²) in [5.41, 5.74) is 0.658. The van der Waals surface area contributed by atoms with Crippen LogP contribution in [-0.2, 0) is 21.1 Å². The van der Waals surface area contributed by atoms with E-state index in [-0.39, 0.29) is 29.7 Å². The summed E-state index contributed by atoms with van der Waals surface area (Å²) >= 11 is 5.89. The van der Waals surface area contributed by atoms with Gasteiger partial charge in [-0.05, 0) is 17.7 Å². The average Bonchev–Trinajstić information content (AvgIpc) is 2.55. The SMILES string of the molecule is O=C(Cc1ccc(F)cc1)N[C@H]1CS(=O)(=O)C[C@@H]1Cl. The Morgan fingerprint density at radius 2 is 1.95 bits per heavy atom. The second-order valence-corrected chi connectivity index (χ2v) is 7.28. The van der Waals surface area contributed by atoms with E-state index in [2.05, 4.69) is 5.32 Å². The summed E-state index contributed by atoms with van der Waals surface area (Å²) in [7, 11) is -3.17. The zero-order valence-electron chi connectivity index (χ0n) is 9.97. The third-order valence-electron chi connectivity index (χ3n) is 2.91. The summed E-state index contributed by atoms with van der Waals surface area (Å²) in [5.74, 6) is -0.932. The van der Waals surface area contributed by atoms with Crippen molar-refractivity contribution in [3.63, 3.8) is 0 Å². The molecule has 1 fully saturated rings. The average molecular weight is 306 g/mol. The van der Waals surface area contributed by atoms with E-state index < -0.39 is 21.3 Å². The van der Waals surface area contributed by atoms with E-state index in [0.29, 0.717) is 5.56 Å². The number of benzene rings is 1. The zero-order chi connectivity index (χ0) is 14.0. The van der Waals surface area contributed by atoms with Crippen LogP contribution in [0.25, 0.3) is 0 Å². The number of carbonyl (C=O) groups excluding carboxylic acids is 1. The summed E-state index contributed by atoms with van der Waals surface area (Å²) in [5, 5.41) is 2.01. The highest BCUT2D eigenvalue weighted by Crippen LogP contribution is 2.18. The van der Waals surface area contributed by atoms with E-state index in [1.165, 1.54) is 24.3 Å². The molecule has 0 spiro atoms. The maximum Gasteiger partial charge on any atom is 0.224 e. The Bertz CT molecular complexity index is 573. The molecule has 1 saturated heterocycles. The smallest absolute Gasteiger partial charge is 0.224 e. The largest absolute Gasteiger partial charge is 0.351 e. The molecule has 2 atom stereocenters. The van der Waals surface area contributed by atoms with Gasteiger partial charge >= 0.3 is 0 Å². The summed E-state index contributed by atoms with van der Waals surface area (Å²) in [6.45, 7) is 0. The molecule has 0 bridgehead atoms. The van der Waals surface area contributed by atoms with Crippen LogP contribution in [0.2, 0.25) is 0 Å². The first-order valence-corrected chi connectivity index (χ1v) is 8.00. The number of amides is 1. The molecule has 2 rings (SSSR count). The van der Waals surface area contributed by atoms with Gasteiger partial charge in [0.05, 0.1) is 29.3 Å². The van der Waals surface area contributed by atoms with Gasteiger partial charge in [-0.25, -0.2) is 12.8 Å². The van der Waals surface area contributed by atoms with E-state index >= 15 is 0 Å². The molecule has 0 aliphatic carbocycles. The normalized spacial score (nSPS) is 25.2. The summed E-state index contributed by atoms with van der Waals surface area (Å²) < 4.78 is 35.4. The second kappa shape index (κ2) is 5.46. The summed E-state index contributed by atoms with van der Waals surface area (Å²) in [4.78, 5) is 11.8. The molecule has 7 heteroatoms. The van der Waals surface area contributed by atoms with Crippen LogP contribution in [0.5, 0.6) is 0 Å². The van der Waals surface area contributed by atoms with E-state index in [0.717, 1.165) is 0 Å². The third-order valence-corrected chi connectivity index (χ3v) is 5.28. The van der Waals surface area contributed by atoms with Gasteiger partial charge in [-0.15, -0.1) is 11.6 Å². The lowest BCUT2D eigenvalue weighted by atomic mass is 10.1. The van der Waals surface area contributed by atoms with Crippen molar-refractivity contribution >= 4 is 27.3 Å². The Balaban J connectivity index is 1.93. The van der Waals surface area contributed by atoms with E-state index in [4.69, 9.17) is 11.6 Å². The van der Waals surface area contributed by atoms with Crippen LogP contribution in [0.1, 0.15) is 5.56 Å². The molecule has 1 aromatic rings. The first-order chi connectivity index (χ1) is 8.85. The lowest BCUT2D eigenvalue weighted by Gasteiger charge is -2.14. The highest BCUT2D eigenvalue weighted by molar-refractivity contribution is 7.91. The number of halogens is 2. The number of nitrogens with one attached hydrogen (secondary N) is 1. The minimum Gasteiger partial charge on any atom is -0.351 e. The van der Waals surface area contributed by atoms with Crippen molar-refractivity contribution in [2.75, 3.05) is 11.5 Å². The fraction of sp³-hybridized carbons (Fsp3) is 0.417. The number of hydrogen-bond donors (Lipinski definition) is 1. The molecule has 1 amide bonds. The van der Waals surface area contributed by atoms with Gasteiger partial charge in [0, 0.05) is 0 Å². The number of hydrogen-bond acceptors (Lipinski definition) is 3. The van der Waals surface area contributed by atoms with Crippen LogP contribution in [0.15, 0.2) is 24.3 Å². The lowest BCUT2D eigenvalue weighted by Crippen LogP contribution is -2.41. The van der Waals surface area contributed by atoms with E-state index in [9.17, 15) is 17.6 Å². The Morgan fingerprint density at radius 3 is 2.47 bits per heavy atom. The highest BCUT2D eigenvalue weighted by atomic mass is 35.5. The Hall–Kier alpha value is -1.14. The lowest BCUT2D eigenvalue weighted by molar-refractivity contribution is -0.120. The minimum absolute atomic E-state index is 0.0699. The van der Waals surface area contributed by atoms with Crippen molar-refractivity contribution < 1.29 is 17.6 Å². The molecule has 4 nitrogen and oxygen atoms in total. The van der Waals surface area contributed by atoms with Gasteiger partial charge in [0.25, 0.3) is 0 Å². The van der Waals surface area contributed by atoms with Crippen LogP contribution in [-0.4, -0.2) is 37.2 Å². The second-order valence-electron chi connectivity index (χ2n) is 4.57. The molecule has 1 N–H and O–H groups in total. The fourth-order valence-electron chi connectivity index (χ4n) is 1.98. The number of rotatable bonds is 3. The molecule has 104 valence electrons. The van der Waals surface area contributed by atoms with Gasteiger partial charge in [0.15, 0.2) is 9.84 Å². The molecule has 0 unspecified atom stereocenters. The molecule has 1 aliphatic heterocycles. The zero-order valence-corrected chi connectivity index (χ0v) is 11.5. The van der Waals surface area contributed by atoms with Crippen LogP contribution < -0.4 is 5.32 Å². The Labute approximate surface area is 115 Å². The van der Waals surface area contributed by atoms with E-state index in [1.54, 1.807) is 0 Å². The van der Waals surface area contributed by atoms with Crippen molar-refractivity contribution in [3.05, 3.63) is 35.6 Å². The van der Waals surface area contributed by atoms with Crippen LogP contribution in [0.4, 0.5) is 4.39 Å². The monoisotopic (exact) mass is 305 g/mol. The fourth-order valence-corrected chi connectivity index (χ4v) is 4.53.